The second-order valence-electron chi connectivity index (χ2n) is 6.29. The summed E-state index contributed by atoms with van der Waals surface area (Å²) < 4.78 is 2.29. The molecule has 2 N–H and O–H groups in total. The van der Waals surface area contributed by atoms with Crippen molar-refractivity contribution in [3.63, 3.8) is 0 Å². The van der Waals surface area contributed by atoms with Crippen LogP contribution in [0, 0.1) is 6.92 Å². The highest BCUT2D eigenvalue weighted by Crippen LogP contribution is 2.20. The molecule has 0 saturated heterocycles. The molecule has 1 aromatic heterocycles. The third-order valence-corrected chi connectivity index (χ3v) is 4.74. The van der Waals surface area contributed by atoms with E-state index in [2.05, 4.69) is 26.2 Å². The topological polar surface area (TPSA) is 87.2 Å². The SMILES string of the molecule is Cc1cc(Br)ccc1NC(=O)CN(C)C(=O)Cn1c(=O)[nH]c2ccccc21. The molecule has 2 amide bonds. The molecule has 0 aliphatic heterocycles. The number of halogens is 1. The highest BCUT2D eigenvalue weighted by atomic mass is 79.9. The molecule has 27 heavy (non-hydrogen) atoms. The number of carbonyl (C=O) groups excluding carboxylic acids is 2. The van der Waals surface area contributed by atoms with E-state index >= 15 is 0 Å². The van der Waals surface area contributed by atoms with E-state index in [-0.39, 0.29) is 30.6 Å². The lowest BCUT2D eigenvalue weighted by atomic mass is 10.2. The maximum absolute atomic E-state index is 12.5. The zero-order valence-electron chi connectivity index (χ0n) is 15.0. The minimum atomic E-state index is -0.354. The third kappa shape index (κ3) is 4.28. The number of benzene rings is 2. The van der Waals surface area contributed by atoms with Gasteiger partial charge in [0.2, 0.25) is 11.8 Å². The van der Waals surface area contributed by atoms with Gasteiger partial charge in [-0.1, -0.05) is 28.1 Å². The van der Waals surface area contributed by atoms with Crippen molar-refractivity contribution in [1.29, 1.82) is 0 Å². The first-order valence-electron chi connectivity index (χ1n) is 8.32. The summed E-state index contributed by atoms with van der Waals surface area (Å²) in [7, 11) is 1.54. The Labute approximate surface area is 164 Å². The van der Waals surface area contributed by atoms with Crippen LogP contribution in [0.4, 0.5) is 5.69 Å². The first-order chi connectivity index (χ1) is 12.8. The summed E-state index contributed by atoms with van der Waals surface area (Å²) >= 11 is 3.38. The average molecular weight is 431 g/mol. The summed E-state index contributed by atoms with van der Waals surface area (Å²) in [6, 6.07) is 12.7. The predicted octanol–water partition coefficient (Wildman–Crippen LogP) is 2.50. The summed E-state index contributed by atoms with van der Waals surface area (Å²) in [4.78, 5) is 40.8. The van der Waals surface area contributed by atoms with Crippen LogP contribution in [0.3, 0.4) is 0 Å². The molecule has 140 valence electrons. The van der Waals surface area contributed by atoms with E-state index in [4.69, 9.17) is 0 Å². The minimum absolute atomic E-state index is 0.106. The molecule has 0 aliphatic carbocycles. The molecule has 0 fully saturated rings. The fourth-order valence-electron chi connectivity index (χ4n) is 2.78. The van der Waals surface area contributed by atoms with Crippen LogP contribution < -0.4 is 11.0 Å². The Kier molecular flexibility index (Phi) is 5.46. The number of nitrogens with one attached hydrogen (secondary N) is 2. The van der Waals surface area contributed by atoms with Gasteiger partial charge in [0.05, 0.1) is 17.6 Å². The van der Waals surface area contributed by atoms with Gasteiger partial charge in [-0.25, -0.2) is 4.79 Å². The molecule has 0 bridgehead atoms. The van der Waals surface area contributed by atoms with Crippen molar-refractivity contribution in [2.75, 3.05) is 18.9 Å². The number of amides is 2. The number of aryl methyl sites for hydroxylation is 1. The highest BCUT2D eigenvalue weighted by molar-refractivity contribution is 9.10. The van der Waals surface area contributed by atoms with Crippen LogP contribution >= 0.6 is 15.9 Å². The van der Waals surface area contributed by atoms with Gasteiger partial charge < -0.3 is 15.2 Å². The van der Waals surface area contributed by atoms with Crippen LogP contribution in [0.1, 0.15) is 5.56 Å². The Balaban J connectivity index is 1.65. The van der Waals surface area contributed by atoms with Crippen molar-refractivity contribution in [1.82, 2.24) is 14.5 Å². The van der Waals surface area contributed by atoms with Gasteiger partial charge in [0.15, 0.2) is 0 Å². The van der Waals surface area contributed by atoms with Gasteiger partial charge in [0, 0.05) is 17.2 Å². The number of aromatic amines is 1. The van der Waals surface area contributed by atoms with Crippen LogP contribution in [-0.4, -0.2) is 39.9 Å². The lowest BCUT2D eigenvalue weighted by molar-refractivity contribution is -0.133. The second kappa shape index (κ2) is 7.79. The predicted molar refractivity (Wildman–Crippen MR) is 108 cm³/mol. The van der Waals surface area contributed by atoms with E-state index in [1.54, 1.807) is 24.3 Å². The van der Waals surface area contributed by atoms with Crippen LogP contribution in [0.25, 0.3) is 11.0 Å². The van der Waals surface area contributed by atoms with Crippen molar-refractivity contribution < 1.29 is 9.59 Å². The molecule has 0 unspecified atom stereocenters. The molecular weight excluding hydrogens is 412 g/mol. The normalized spacial score (nSPS) is 10.8. The third-order valence-electron chi connectivity index (χ3n) is 4.24. The average Bonchev–Trinajstić information content (AvgIpc) is 2.93. The van der Waals surface area contributed by atoms with Crippen LogP contribution in [0.15, 0.2) is 51.7 Å². The zero-order chi connectivity index (χ0) is 19.6. The van der Waals surface area contributed by atoms with Gasteiger partial charge in [-0.15, -0.1) is 0 Å². The number of nitrogens with zero attached hydrogens (tertiary/aromatic N) is 2. The largest absolute Gasteiger partial charge is 0.335 e. The number of hydrogen-bond acceptors (Lipinski definition) is 3. The Morgan fingerprint density at radius 3 is 2.70 bits per heavy atom. The summed E-state index contributed by atoms with van der Waals surface area (Å²) in [6.07, 6.45) is 0. The van der Waals surface area contributed by atoms with Crippen LogP contribution in [-0.2, 0) is 16.1 Å². The Bertz CT molecular complexity index is 1070. The summed E-state index contributed by atoms with van der Waals surface area (Å²) in [5, 5.41) is 2.79. The van der Waals surface area contributed by atoms with Gasteiger partial charge in [0.25, 0.3) is 0 Å². The van der Waals surface area contributed by atoms with E-state index in [0.717, 1.165) is 10.0 Å². The first-order valence-corrected chi connectivity index (χ1v) is 9.12. The highest BCUT2D eigenvalue weighted by Gasteiger charge is 2.16. The summed E-state index contributed by atoms with van der Waals surface area (Å²) in [5.74, 6) is -0.632. The number of carbonyl (C=O) groups is 2. The number of anilines is 1. The first kappa shape index (κ1) is 18.9. The summed E-state index contributed by atoms with van der Waals surface area (Å²) in [5.41, 5.74) is 2.57. The van der Waals surface area contributed by atoms with Gasteiger partial charge in [-0.3, -0.25) is 14.2 Å². The standard InChI is InChI=1S/C19H19BrN4O3/c1-12-9-13(20)7-8-14(12)21-17(25)10-23(2)18(26)11-24-16-6-4-3-5-15(16)22-19(24)27/h3-9H,10-11H2,1-2H3,(H,21,25)(H,22,27). The molecule has 7 nitrogen and oxygen atoms in total. The van der Waals surface area contributed by atoms with E-state index in [0.29, 0.717) is 16.7 Å². The molecule has 0 spiro atoms. The van der Waals surface area contributed by atoms with Gasteiger partial charge >= 0.3 is 5.69 Å². The Morgan fingerprint density at radius 1 is 1.22 bits per heavy atom. The van der Waals surface area contributed by atoms with Crippen molar-refractivity contribution in [3.8, 4) is 0 Å². The lowest BCUT2D eigenvalue weighted by Gasteiger charge is -2.17. The van der Waals surface area contributed by atoms with Crippen molar-refractivity contribution in [2.45, 2.75) is 13.5 Å². The number of fused-ring (bicyclic) bond motifs is 1. The molecule has 3 rings (SSSR count). The van der Waals surface area contributed by atoms with Gasteiger partial charge in [0.1, 0.15) is 6.54 Å². The smallest absolute Gasteiger partial charge is 0.326 e. The Hall–Kier alpha value is -2.87. The number of rotatable bonds is 5. The lowest BCUT2D eigenvalue weighted by Crippen LogP contribution is -2.38. The van der Waals surface area contributed by atoms with E-state index < -0.39 is 0 Å². The second-order valence-corrected chi connectivity index (χ2v) is 7.21. The number of para-hydroxylation sites is 2. The molecule has 0 radical (unpaired) electrons. The van der Waals surface area contributed by atoms with Gasteiger partial charge in [-0.05, 0) is 42.8 Å². The molecule has 0 atom stereocenters. The maximum atomic E-state index is 12.5. The molecular formula is C19H19BrN4O3. The zero-order valence-corrected chi connectivity index (χ0v) is 16.5. The fraction of sp³-hybridized carbons (Fsp3) is 0.211. The number of hydrogen-bond donors (Lipinski definition) is 2. The molecule has 2 aromatic carbocycles. The molecule has 8 heteroatoms. The number of imidazole rings is 1. The van der Waals surface area contributed by atoms with Crippen molar-refractivity contribution in [3.05, 3.63) is 63.0 Å². The fourth-order valence-corrected chi connectivity index (χ4v) is 3.26. The number of aromatic nitrogens is 2. The molecule has 0 aliphatic rings. The van der Waals surface area contributed by atoms with E-state index in [1.807, 2.05) is 25.1 Å². The molecule has 1 heterocycles. The van der Waals surface area contributed by atoms with Crippen molar-refractivity contribution >= 4 is 44.5 Å². The minimum Gasteiger partial charge on any atom is -0.335 e. The van der Waals surface area contributed by atoms with E-state index in [1.165, 1.54) is 16.5 Å². The van der Waals surface area contributed by atoms with Crippen LogP contribution in [0.5, 0.6) is 0 Å². The van der Waals surface area contributed by atoms with Gasteiger partial charge in [-0.2, -0.15) is 0 Å². The quantitative estimate of drug-likeness (QED) is 0.651. The number of likely N-dealkylation sites (N-methyl/N-ethyl adjacent to an activating group) is 1. The van der Waals surface area contributed by atoms with E-state index in [9.17, 15) is 14.4 Å². The van der Waals surface area contributed by atoms with Crippen LogP contribution in [0.2, 0.25) is 0 Å². The maximum Gasteiger partial charge on any atom is 0.326 e. The monoisotopic (exact) mass is 430 g/mol. The number of H-pyrrole nitrogens is 1. The van der Waals surface area contributed by atoms with Crippen molar-refractivity contribution in [2.24, 2.45) is 0 Å². The summed E-state index contributed by atoms with van der Waals surface area (Å²) in [6.45, 7) is 1.65. The Morgan fingerprint density at radius 2 is 1.96 bits per heavy atom. The molecule has 3 aromatic rings. The molecule has 0 saturated carbocycles.